The first kappa shape index (κ1) is 15.8. The summed E-state index contributed by atoms with van der Waals surface area (Å²) in [4.78, 5) is 0. The Morgan fingerprint density at radius 3 is 2.42 bits per heavy atom. The minimum absolute atomic E-state index is 0.798. The molecule has 3 heteroatoms. The Bertz CT molecular complexity index is 311. The van der Waals surface area contributed by atoms with Crippen LogP contribution in [0.15, 0.2) is 24.3 Å². The number of unbranched alkanes of at least 4 members (excludes halogenated alkanes) is 3. The summed E-state index contributed by atoms with van der Waals surface area (Å²) in [7, 11) is 1.73. The average molecular weight is 265 g/mol. The van der Waals surface area contributed by atoms with Crippen molar-refractivity contribution < 1.29 is 9.47 Å². The van der Waals surface area contributed by atoms with Gasteiger partial charge in [-0.1, -0.05) is 26.2 Å². The van der Waals surface area contributed by atoms with E-state index in [1.807, 2.05) is 12.1 Å². The lowest BCUT2D eigenvalue weighted by molar-refractivity contribution is 0.198. The summed E-state index contributed by atoms with van der Waals surface area (Å²) in [5.41, 5.74) is 1.13. The van der Waals surface area contributed by atoms with Gasteiger partial charge in [-0.2, -0.15) is 0 Å². The first-order chi connectivity index (χ1) is 9.36. The molecular weight excluding hydrogens is 238 g/mol. The number of anilines is 1. The van der Waals surface area contributed by atoms with Crippen molar-refractivity contribution in [3.63, 3.8) is 0 Å². The summed E-state index contributed by atoms with van der Waals surface area (Å²) in [6.07, 6.45) is 5.99. The fourth-order valence-electron chi connectivity index (χ4n) is 1.84. The Labute approximate surface area is 117 Å². The molecule has 1 aromatic carbocycles. The first-order valence-corrected chi connectivity index (χ1v) is 7.32. The van der Waals surface area contributed by atoms with E-state index in [2.05, 4.69) is 24.4 Å². The molecule has 0 fully saturated rings. The summed E-state index contributed by atoms with van der Waals surface area (Å²) in [6.45, 7) is 4.77. The maximum atomic E-state index is 5.70. The summed E-state index contributed by atoms with van der Waals surface area (Å²) in [6, 6.07) is 8.18. The zero-order chi connectivity index (χ0) is 13.8. The first-order valence-electron chi connectivity index (χ1n) is 7.32. The van der Waals surface area contributed by atoms with Crippen LogP contribution in [0.1, 0.15) is 39.0 Å². The Balaban J connectivity index is 2.16. The molecule has 0 spiro atoms. The van der Waals surface area contributed by atoms with Crippen LogP contribution in [0.2, 0.25) is 0 Å². The molecule has 0 bridgehead atoms. The van der Waals surface area contributed by atoms with Crippen molar-refractivity contribution in [1.29, 1.82) is 0 Å². The normalized spacial score (nSPS) is 10.4. The monoisotopic (exact) mass is 265 g/mol. The van der Waals surface area contributed by atoms with Gasteiger partial charge in [0.05, 0.1) is 6.61 Å². The molecule has 0 saturated heterocycles. The highest BCUT2D eigenvalue weighted by Crippen LogP contribution is 2.16. The van der Waals surface area contributed by atoms with E-state index in [4.69, 9.17) is 9.47 Å². The molecule has 19 heavy (non-hydrogen) atoms. The lowest BCUT2D eigenvalue weighted by Crippen LogP contribution is -2.04. The molecule has 0 atom stereocenters. The second kappa shape index (κ2) is 10.7. The Hall–Kier alpha value is -1.22. The number of ether oxygens (including phenoxy) is 2. The molecule has 0 aromatic heterocycles. The highest BCUT2D eigenvalue weighted by molar-refractivity contribution is 5.46. The maximum absolute atomic E-state index is 5.70. The molecule has 0 heterocycles. The van der Waals surface area contributed by atoms with Gasteiger partial charge in [0.25, 0.3) is 0 Å². The van der Waals surface area contributed by atoms with Crippen LogP contribution in [0, 0.1) is 0 Å². The van der Waals surface area contributed by atoms with E-state index in [1.165, 1.54) is 19.3 Å². The van der Waals surface area contributed by atoms with Gasteiger partial charge in [-0.05, 0) is 37.1 Å². The lowest BCUT2D eigenvalue weighted by atomic mass is 10.2. The van der Waals surface area contributed by atoms with E-state index in [-0.39, 0.29) is 0 Å². The van der Waals surface area contributed by atoms with Gasteiger partial charge in [0.2, 0.25) is 0 Å². The molecule has 0 radical (unpaired) electrons. The van der Waals surface area contributed by atoms with E-state index >= 15 is 0 Å². The van der Waals surface area contributed by atoms with Crippen molar-refractivity contribution in [3.05, 3.63) is 24.3 Å². The van der Waals surface area contributed by atoms with Crippen LogP contribution in [0.3, 0.4) is 0 Å². The van der Waals surface area contributed by atoms with Crippen molar-refractivity contribution in [2.45, 2.75) is 39.0 Å². The van der Waals surface area contributed by atoms with E-state index in [1.54, 1.807) is 7.11 Å². The number of benzene rings is 1. The lowest BCUT2D eigenvalue weighted by Gasteiger charge is -2.08. The van der Waals surface area contributed by atoms with Gasteiger partial charge in [-0.25, -0.2) is 0 Å². The van der Waals surface area contributed by atoms with Crippen LogP contribution >= 0.6 is 0 Å². The number of rotatable bonds is 11. The molecule has 0 amide bonds. The van der Waals surface area contributed by atoms with E-state index in [0.29, 0.717) is 0 Å². The van der Waals surface area contributed by atoms with Gasteiger partial charge in [-0.3, -0.25) is 0 Å². The topological polar surface area (TPSA) is 30.5 Å². The average Bonchev–Trinajstić information content (AvgIpc) is 2.45. The predicted molar refractivity (Wildman–Crippen MR) is 81.1 cm³/mol. The van der Waals surface area contributed by atoms with Gasteiger partial charge >= 0.3 is 0 Å². The molecule has 108 valence electrons. The molecule has 0 aliphatic rings. The fourth-order valence-corrected chi connectivity index (χ4v) is 1.84. The fraction of sp³-hybridized carbons (Fsp3) is 0.625. The molecule has 3 nitrogen and oxygen atoms in total. The SMILES string of the molecule is CCCCCCOc1ccc(NCCCOC)cc1. The van der Waals surface area contributed by atoms with Crippen LogP contribution in [0.5, 0.6) is 5.75 Å². The second-order valence-corrected chi connectivity index (χ2v) is 4.71. The highest BCUT2D eigenvalue weighted by Gasteiger charge is 1.95. The standard InChI is InChI=1S/C16H27NO2/c1-3-4-5-6-14-19-16-10-8-15(9-11-16)17-12-7-13-18-2/h8-11,17H,3-7,12-14H2,1-2H3. The van der Waals surface area contributed by atoms with Gasteiger partial charge in [0, 0.05) is 25.9 Å². The van der Waals surface area contributed by atoms with Crippen molar-refractivity contribution in [2.75, 3.05) is 32.2 Å². The summed E-state index contributed by atoms with van der Waals surface area (Å²) >= 11 is 0. The van der Waals surface area contributed by atoms with E-state index < -0.39 is 0 Å². The van der Waals surface area contributed by atoms with Crippen molar-refractivity contribution in [2.24, 2.45) is 0 Å². The minimum atomic E-state index is 0.798. The third kappa shape index (κ3) is 7.73. The Morgan fingerprint density at radius 2 is 1.74 bits per heavy atom. The van der Waals surface area contributed by atoms with Crippen LogP contribution in [0.25, 0.3) is 0 Å². The van der Waals surface area contributed by atoms with Crippen molar-refractivity contribution >= 4 is 5.69 Å². The van der Waals surface area contributed by atoms with Gasteiger partial charge in [0.1, 0.15) is 5.75 Å². The minimum Gasteiger partial charge on any atom is -0.494 e. The second-order valence-electron chi connectivity index (χ2n) is 4.71. The molecule has 0 aliphatic heterocycles. The number of methoxy groups -OCH3 is 1. The zero-order valence-corrected chi connectivity index (χ0v) is 12.3. The molecule has 0 aliphatic carbocycles. The van der Waals surface area contributed by atoms with E-state index in [9.17, 15) is 0 Å². The summed E-state index contributed by atoms with van der Waals surface area (Å²) in [5, 5.41) is 3.36. The highest BCUT2D eigenvalue weighted by atomic mass is 16.5. The van der Waals surface area contributed by atoms with Crippen LogP contribution in [0.4, 0.5) is 5.69 Å². The van der Waals surface area contributed by atoms with Gasteiger partial charge < -0.3 is 14.8 Å². The number of nitrogens with one attached hydrogen (secondary N) is 1. The molecule has 0 saturated carbocycles. The number of hydrogen-bond donors (Lipinski definition) is 1. The van der Waals surface area contributed by atoms with Crippen molar-refractivity contribution in [3.8, 4) is 5.75 Å². The van der Waals surface area contributed by atoms with Crippen molar-refractivity contribution in [1.82, 2.24) is 0 Å². The smallest absolute Gasteiger partial charge is 0.119 e. The van der Waals surface area contributed by atoms with E-state index in [0.717, 1.165) is 44.0 Å². The zero-order valence-electron chi connectivity index (χ0n) is 12.3. The van der Waals surface area contributed by atoms with Gasteiger partial charge in [-0.15, -0.1) is 0 Å². The molecule has 1 N–H and O–H groups in total. The Kier molecular flexibility index (Phi) is 8.90. The summed E-state index contributed by atoms with van der Waals surface area (Å²) in [5.74, 6) is 0.957. The van der Waals surface area contributed by atoms with Gasteiger partial charge in [0.15, 0.2) is 0 Å². The third-order valence-electron chi connectivity index (χ3n) is 2.98. The predicted octanol–water partition coefficient (Wildman–Crippen LogP) is 4.09. The maximum Gasteiger partial charge on any atom is 0.119 e. The summed E-state index contributed by atoms with van der Waals surface area (Å²) < 4.78 is 10.7. The van der Waals surface area contributed by atoms with Crippen LogP contribution in [-0.4, -0.2) is 26.9 Å². The Morgan fingerprint density at radius 1 is 0.947 bits per heavy atom. The quantitative estimate of drug-likeness (QED) is 0.611. The third-order valence-corrected chi connectivity index (χ3v) is 2.98. The van der Waals surface area contributed by atoms with Crippen LogP contribution in [-0.2, 0) is 4.74 Å². The number of hydrogen-bond acceptors (Lipinski definition) is 3. The van der Waals surface area contributed by atoms with Crippen LogP contribution < -0.4 is 10.1 Å². The molecular formula is C16H27NO2. The molecule has 0 unspecified atom stereocenters. The molecule has 1 aromatic rings. The largest absolute Gasteiger partial charge is 0.494 e. The molecule has 1 rings (SSSR count).